The lowest BCUT2D eigenvalue weighted by atomic mass is 10.2. The second-order valence-electron chi connectivity index (χ2n) is 5.37. The minimum absolute atomic E-state index is 0.357. The van der Waals surface area contributed by atoms with Crippen LogP contribution in [0.3, 0.4) is 0 Å². The van der Waals surface area contributed by atoms with E-state index in [2.05, 4.69) is 30.5 Å². The van der Waals surface area contributed by atoms with E-state index in [9.17, 15) is 0 Å². The lowest BCUT2D eigenvalue weighted by Gasteiger charge is -2.15. The summed E-state index contributed by atoms with van der Waals surface area (Å²) in [6.45, 7) is 4.88. The van der Waals surface area contributed by atoms with E-state index in [0.29, 0.717) is 12.6 Å². The van der Waals surface area contributed by atoms with Crippen LogP contribution in [0.2, 0.25) is 5.02 Å². The standard InChI is InChI=1S/C18H18ClNO/c1-13(2)20-14(12-21-15-7-4-3-5-8-15)11-16-17(19)9-6-10-18(16)20/h3-11,13H,12H2,1-2H3. The summed E-state index contributed by atoms with van der Waals surface area (Å²) in [6, 6.07) is 18.4. The average Bonchev–Trinajstić information content (AvgIpc) is 2.86. The van der Waals surface area contributed by atoms with Gasteiger partial charge in [-0.1, -0.05) is 35.9 Å². The van der Waals surface area contributed by atoms with Crippen molar-refractivity contribution in [3.63, 3.8) is 0 Å². The number of fused-ring (bicyclic) bond motifs is 1. The maximum Gasteiger partial charge on any atom is 0.128 e. The van der Waals surface area contributed by atoms with Crippen molar-refractivity contribution in [2.75, 3.05) is 0 Å². The largest absolute Gasteiger partial charge is 0.487 e. The zero-order valence-corrected chi connectivity index (χ0v) is 13.0. The van der Waals surface area contributed by atoms with Crippen molar-refractivity contribution in [2.24, 2.45) is 0 Å². The minimum atomic E-state index is 0.357. The molecule has 0 spiro atoms. The van der Waals surface area contributed by atoms with Crippen molar-refractivity contribution in [3.05, 3.63) is 65.3 Å². The van der Waals surface area contributed by atoms with Crippen LogP contribution in [0.5, 0.6) is 5.75 Å². The van der Waals surface area contributed by atoms with Gasteiger partial charge in [0.25, 0.3) is 0 Å². The average molecular weight is 300 g/mol. The number of benzene rings is 2. The van der Waals surface area contributed by atoms with Gasteiger partial charge in [-0.15, -0.1) is 0 Å². The maximum atomic E-state index is 6.31. The molecule has 0 bridgehead atoms. The second kappa shape index (κ2) is 5.82. The monoisotopic (exact) mass is 299 g/mol. The number of hydrogen-bond acceptors (Lipinski definition) is 1. The third kappa shape index (κ3) is 2.77. The number of rotatable bonds is 4. The fourth-order valence-corrected chi connectivity index (χ4v) is 2.89. The van der Waals surface area contributed by atoms with Gasteiger partial charge < -0.3 is 9.30 Å². The number of para-hydroxylation sites is 1. The summed E-state index contributed by atoms with van der Waals surface area (Å²) in [5.74, 6) is 0.879. The molecular weight excluding hydrogens is 282 g/mol. The van der Waals surface area contributed by atoms with Gasteiger partial charge in [0, 0.05) is 16.5 Å². The predicted octanol–water partition coefficient (Wildman–Crippen LogP) is 5.45. The number of halogens is 1. The molecule has 3 aromatic rings. The van der Waals surface area contributed by atoms with Crippen LogP contribution in [0.15, 0.2) is 54.6 Å². The van der Waals surface area contributed by atoms with Gasteiger partial charge in [0.05, 0.1) is 11.2 Å². The summed E-state index contributed by atoms with van der Waals surface area (Å²) in [5, 5.41) is 1.87. The molecule has 0 aliphatic carbocycles. The minimum Gasteiger partial charge on any atom is -0.487 e. The van der Waals surface area contributed by atoms with E-state index in [1.165, 1.54) is 0 Å². The van der Waals surface area contributed by atoms with E-state index in [1.54, 1.807) is 0 Å². The van der Waals surface area contributed by atoms with Gasteiger partial charge in [-0.3, -0.25) is 0 Å². The summed E-state index contributed by atoms with van der Waals surface area (Å²) >= 11 is 6.31. The third-order valence-electron chi connectivity index (χ3n) is 3.56. The van der Waals surface area contributed by atoms with Crippen LogP contribution >= 0.6 is 11.6 Å². The highest BCUT2D eigenvalue weighted by atomic mass is 35.5. The Morgan fingerprint density at radius 2 is 1.81 bits per heavy atom. The van der Waals surface area contributed by atoms with Crippen LogP contribution < -0.4 is 4.74 Å². The van der Waals surface area contributed by atoms with E-state index < -0.39 is 0 Å². The first-order valence-corrected chi connectivity index (χ1v) is 7.51. The summed E-state index contributed by atoms with van der Waals surface area (Å²) in [5.41, 5.74) is 2.29. The molecule has 2 nitrogen and oxygen atoms in total. The second-order valence-corrected chi connectivity index (χ2v) is 5.78. The number of ether oxygens (including phenoxy) is 1. The molecule has 0 radical (unpaired) electrons. The van der Waals surface area contributed by atoms with Gasteiger partial charge in [-0.05, 0) is 44.2 Å². The zero-order valence-electron chi connectivity index (χ0n) is 12.2. The first kappa shape index (κ1) is 14.0. The van der Waals surface area contributed by atoms with Gasteiger partial charge >= 0.3 is 0 Å². The Morgan fingerprint density at radius 3 is 2.52 bits per heavy atom. The van der Waals surface area contributed by atoms with Gasteiger partial charge in [0.2, 0.25) is 0 Å². The summed E-state index contributed by atoms with van der Waals surface area (Å²) in [7, 11) is 0. The van der Waals surface area contributed by atoms with E-state index in [4.69, 9.17) is 16.3 Å². The fraction of sp³-hybridized carbons (Fsp3) is 0.222. The van der Waals surface area contributed by atoms with Gasteiger partial charge in [0.15, 0.2) is 0 Å². The molecule has 3 heteroatoms. The highest BCUT2D eigenvalue weighted by Gasteiger charge is 2.13. The highest BCUT2D eigenvalue weighted by Crippen LogP contribution is 2.30. The van der Waals surface area contributed by atoms with Crippen molar-refractivity contribution >= 4 is 22.5 Å². The van der Waals surface area contributed by atoms with Crippen LogP contribution in [0.4, 0.5) is 0 Å². The molecule has 0 atom stereocenters. The van der Waals surface area contributed by atoms with Gasteiger partial charge in [-0.25, -0.2) is 0 Å². The Kier molecular flexibility index (Phi) is 3.89. The van der Waals surface area contributed by atoms with Crippen LogP contribution in [-0.4, -0.2) is 4.57 Å². The molecule has 2 aromatic carbocycles. The Morgan fingerprint density at radius 1 is 1.05 bits per heavy atom. The molecule has 0 aliphatic heterocycles. The van der Waals surface area contributed by atoms with Crippen LogP contribution in [0.25, 0.3) is 10.9 Å². The van der Waals surface area contributed by atoms with Crippen molar-refractivity contribution in [2.45, 2.75) is 26.5 Å². The fourth-order valence-electron chi connectivity index (χ4n) is 2.66. The van der Waals surface area contributed by atoms with Crippen LogP contribution in [0, 0.1) is 0 Å². The van der Waals surface area contributed by atoms with Gasteiger partial charge in [-0.2, -0.15) is 0 Å². The first-order valence-electron chi connectivity index (χ1n) is 7.13. The molecule has 0 amide bonds. The molecular formula is C18H18ClNO. The van der Waals surface area contributed by atoms with Crippen LogP contribution in [-0.2, 0) is 6.61 Å². The molecule has 108 valence electrons. The summed E-state index contributed by atoms with van der Waals surface area (Å²) < 4.78 is 8.17. The summed E-state index contributed by atoms with van der Waals surface area (Å²) in [6.07, 6.45) is 0. The van der Waals surface area contributed by atoms with E-state index in [1.807, 2.05) is 42.5 Å². The molecule has 0 aliphatic rings. The lowest BCUT2D eigenvalue weighted by molar-refractivity contribution is 0.293. The molecule has 1 aromatic heterocycles. The highest BCUT2D eigenvalue weighted by molar-refractivity contribution is 6.35. The topological polar surface area (TPSA) is 14.2 Å². The van der Waals surface area contributed by atoms with E-state index in [-0.39, 0.29) is 0 Å². The van der Waals surface area contributed by atoms with Crippen molar-refractivity contribution in [3.8, 4) is 5.75 Å². The number of hydrogen-bond donors (Lipinski definition) is 0. The molecule has 0 unspecified atom stereocenters. The Labute approximate surface area is 129 Å². The lowest BCUT2D eigenvalue weighted by Crippen LogP contribution is -2.08. The SMILES string of the molecule is CC(C)n1c(COc2ccccc2)cc2c(Cl)cccc21. The van der Waals surface area contributed by atoms with E-state index >= 15 is 0 Å². The predicted molar refractivity (Wildman–Crippen MR) is 88.1 cm³/mol. The molecule has 1 heterocycles. The van der Waals surface area contributed by atoms with Crippen LogP contribution in [0.1, 0.15) is 25.6 Å². The van der Waals surface area contributed by atoms with Crippen molar-refractivity contribution in [1.29, 1.82) is 0 Å². The smallest absolute Gasteiger partial charge is 0.128 e. The van der Waals surface area contributed by atoms with Crippen molar-refractivity contribution < 1.29 is 4.74 Å². The molecule has 0 fully saturated rings. The molecule has 0 saturated carbocycles. The molecule has 0 N–H and O–H groups in total. The Hall–Kier alpha value is -1.93. The molecule has 21 heavy (non-hydrogen) atoms. The quantitative estimate of drug-likeness (QED) is 0.624. The first-order chi connectivity index (χ1) is 10.2. The Balaban J connectivity index is 1.98. The number of nitrogens with zero attached hydrogens (tertiary/aromatic N) is 1. The van der Waals surface area contributed by atoms with Crippen molar-refractivity contribution in [1.82, 2.24) is 4.57 Å². The molecule has 3 rings (SSSR count). The summed E-state index contributed by atoms with van der Waals surface area (Å²) in [4.78, 5) is 0. The zero-order chi connectivity index (χ0) is 14.8. The van der Waals surface area contributed by atoms with E-state index in [0.717, 1.165) is 27.4 Å². The third-order valence-corrected chi connectivity index (χ3v) is 3.89. The Bertz CT molecular complexity index is 747. The number of aromatic nitrogens is 1. The normalized spacial score (nSPS) is 11.2. The van der Waals surface area contributed by atoms with Gasteiger partial charge in [0.1, 0.15) is 12.4 Å². The molecule has 0 saturated heterocycles. The maximum absolute atomic E-state index is 6.31.